The SMILES string of the molecule is Cc1nc(C(C)NCc2c(C)noc2C)cs1. The molecule has 0 aromatic carbocycles. The van der Waals surface area contributed by atoms with Gasteiger partial charge in [0.25, 0.3) is 0 Å². The lowest BCUT2D eigenvalue weighted by atomic mass is 10.2. The number of hydrogen-bond donors (Lipinski definition) is 1. The smallest absolute Gasteiger partial charge is 0.138 e. The van der Waals surface area contributed by atoms with Gasteiger partial charge in [-0.3, -0.25) is 0 Å². The fraction of sp³-hybridized carbons (Fsp3) is 0.500. The lowest BCUT2D eigenvalue weighted by Gasteiger charge is -2.10. The Balaban J connectivity index is 1.99. The lowest BCUT2D eigenvalue weighted by Crippen LogP contribution is -2.19. The molecule has 1 unspecified atom stereocenters. The molecule has 4 nitrogen and oxygen atoms in total. The van der Waals surface area contributed by atoms with Crippen LogP contribution < -0.4 is 5.32 Å². The Morgan fingerprint density at radius 2 is 2.18 bits per heavy atom. The number of nitrogens with one attached hydrogen (secondary N) is 1. The summed E-state index contributed by atoms with van der Waals surface area (Å²) in [5, 5.41) is 10.6. The van der Waals surface area contributed by atoms with Crippen molar-refractivity contribution >= 4 is 11.3 Å². The minimum absolute atomic E-state index is 0.244. The zero-order valence-corrected chi connectivity index (χ0v) is 11.4. The molecule has 0 spiro atoms. The van der Waals surface area contributed by atoms with Crippen LogP contribution in [0, 0.1) is 20.8 Å². The van der Waals surface area contributed by atoms with Gasteiger partial charge < -0.3 is 9.84 Å². The predicted molar refractivity (Wildman–Crippen MR) is 68.1 cm³/mol. The van der Waals surface area contributed by atoms with E-state index in [-0.39, 0.29) is 6.04 Å². The number of aromatic nitrogens is 2. The zero-order chi connectivity index (χ0) is 12.4. The Hall–Kier alpha value is -1.20. The summed E-state index contributed by atoms with van der Waals surface area (Å²) in [4.78, 5) is 4.47. The Morgan fingerprint density at radius 3 is 2.71 bits per heavy atom. The minimum Gasteiger partial charge on any atom is -0.361 e. The van der Waals surface area contributed by atoms with Crippen LogP contribution in [0.3, 0.4) is 0 Å². The first-order valence-corrected chi connectivity index (χ1v) is 6.53. The fourth-order valence-electron chi connectivity index (χ4n) is 1.69. The van der Waals surface area contributed by atoms with Crippen molar-refractivity contribution in [2.45, 2.75) is 40.3 Å². The van der Waals surface area contributed by atoms with E-state index in [1.165, 1.54) is 0 Å². The molecule has 0 saturated carbocycles. The average Bonchev–Trinajstić information content (AvgIpc) is 2.84. The molecule has 0 fully saturated rings. The van der Waals surface area contributed by atoms with Crippen LogP contribution in [0.2, 0.25) is 0 Å². The molecule has 0 aliphatic carbocycles. The van der Waals surface area contributed by atoms with Gasteiger partial charge in [0.2, 0.25) is 0 Å². The molecule has 0 amide bonds. The van der Waals surface area contributed by atoms with Crippen LogP contribution in [0.5, 0.6) is 0 Å². The third-order valence-corrected chi connectivity index (χ3v) is 3.64. The Labute approximate surface area is 105 Å². The van der Waals surface area contributed by atoms with Crippen molar-refractivity contribution in [2.75, 3.05) is 0 Å². The Morgan fingerprint density at radius 1 is 1.41 bits per heavy atom. The van der Waals surface area contributed by atoms with Gasteiger partial charge in [-0.15, -0.1) is 11.3 Å². The molecule has 2 aromatic heterocycles. The van der Waals surface area contributed by atoms with E-state index in [0.717, 1.165) is 34.3 Å². The van der Waals surface area contributed by atoms with E-state index in [0.29, 0.717) is 0 Å². The van der Waals surface area contributed by atoms with E-state index in [1.54, 1.807) is 11.3 Å². The maximum atomic E-state index is 5.13. The maximum absolute atomic E-state index is 5.13. The summed E-state index contributed by atoms with van der Waals surface area (Å²) in [7, 11) is 0. The summed E-state index contributed by atoms with van der Waals surface area (Å²) >= 11 is 1.68. The van der Waals surface area contributed by atoms with Gasteiger partial charge in [-0.1, -0.05) is 5.16 Å². The van der Waals surface area contributed by atoms with Gasteiger partial charge in [0, 0.05) is 23.5 Å². The second-order valence-corrected chi connectivity index (χ2v) is 5.26. The van der Waals surface area contributed by atoms with E-state index in [2.05, 4.69) is 27.8 Å². The van der Waals surface area contributed by atoms with Gasteiger partial charge in [-0.05, 0) is 27.7 Å². The number of aryl methyl sites for hydroxylation is 3. The van der Waals surface area contributed by atoms with Crippen LogP contribution >= 0.6 is 11.3 Å². The zero-order valence-electron chi connectivity index (χ0n) is 10.6. The van der Waals surface area contributed by atoms with Crippen LogP contribution in [-0.4, -0.2) is 10.1 Å². The third kappa shape index (κ3) is 2.73. The first-order valence-electron chi connectivity index (χ1n) is 5.65. The largest absolute Gasteiger partial charge is 0.361 e. The van der Waals surface area contributed by atoms with Crippen molar-refractivity contribution in [3.8, 4) is 0 Å². The molecule has 0 saturated heterocycles. The van der Waals surface area contributed by atoms with Gasteiger partial charge in [0.05, 0.1) is 16.4 Å². The molecule has 92 valence electrons. The highest BCUT2D eigenvalue weighted by molar-refractivity contribution is 7.09. The predicted octanol–water partition coefficient (Wildman–Crippen LogP) is 2.91. The van der Waals surface area contributed by atoms with E-state index in [1.807, 2.05) is 20.8 Å². The lowest BCUT2D eigenvalue weighted by molar-refractivity contribution is 0.391. The Kier molecular flexibility index (Phi) is 3.59. The molecule has 0 aliphatic heterocycles. The fourth-order valence-corrected chi connectivity index (χ4v) is 2.40. The van der Waals surface area contributed by atoms with Crippen LogP contribution in [0.25, 0.3) is 0 Å². The Bertz CT molecular complexity index is 484. The maximum Gasteiger partial charge on any atom is 0.138 e. The standard InChI is InChI=1S/C12H17N3OS/c1-7-11(9(3)16-15-7)5-13-8(2)12-6-17-10(4)14-12/h6,8,13H,5H2,1-4H3. The molecule has 1 atom stereocenters. The summed E-state index contributed by atoms with van der Waals surface area (Å²) in [6.07, 6.45) is 0. The second kappa shape index (κ2) is 4.98. The first-order chi connectivity index (χ1) is 8.08. The van der Waals surface area contributed by atoms with Crippen LogP contribution in [0.15, 0.2) is 9.90 Å². The number of nitrogens with zero attached hydrogens (tertiary/aromatic N) is 2. The summed E-state index contributed by atoms with van der Waals surface area (Å²) in [6.45, 7) is 8.81. The molecule has 1 N–H and O–H groups in total. The van der Waals surface area contributed by atoms with Gasteiger partial charge >= 0.3 is 0 Å². The molecule has 5 heteroatoms. The molecule has 0 aliphatic rings. The molecule has 2 rings (SSSR count). The minimum atomic E-state index is 0.244. The highest BCUT2D eigenvalue weighted by Gasteiger charge is 2.12. The molecule has 0 radical (unpaired) electrons. The first kappa shape index (κ1) is 12.3. The van der Waals surface area contributed by atoms with E-state index in [4.69, 9.17) is 4.52 Å². The highest BCUT2D eigenvalue weighted by atomic mass is 32.1. The monoisotopic (exact) mass is 251 g/mol. The molecule has 0 bridgehead atoms. The summed E-state index contributed by atoms with van der Waals surface area (Å²) in [5.74, 6) is 0.886. The van der Waals surface area contributed by atoms with Crippen molar-refractivity contribution in [1.29, 1.82) is 0 Å². The van der Waals surface area contributed by atoms with E-state index >= 15 is 0 Å². The quantitative estimate of drug-likeness (QED) is 0.907. The summed E-state index contributed by atoms with van der Waals surface area (Å²) in [5.41, 5.74) is 3.19. The normalized spacial score (nSPS) is 12.9. The topological polar surface area (TPSA) is 51.0 Å². The van der Waals surface area contributed by atoms with Crippen molar-refractivity contribution < 1.29 is 4.52 Å². The van der Waals surface area contributed by atoms with Crippen LogP contribution in [-0.2, 0) is 6.54 Å². The van der Waals surface area contributed by atoms with Crippen LogP contribution in [0.1, 0.15) is 40.7 Å². The number of thiazole rings is 1. The van der Waals surface area contributed by atoms with Gasteiger partial charge in [0.1, 0.15) is 5.76 Å². The highest BCUT2D eigenvalue weighted by Crippen LogP contribution is 2.18. The second-order valence-electron chi connectivity index (χ2n) is 4.20. The third-order valence-electron chi connectivity index (χ3n) is 2.85. The number of hydrogen-bond acceptors (Lipinski definition) is 5. The summed E-state index contributed by atoms with van der Waals surface area (Å²) in [6, 6.07) is 0.244. The number of rotatable bonds is 4. The van der Waals surface area contributed by atoms with Crippen molar-refractivity contribution in [3.05, 3.63) is 33.1 Å². The molecular formula is C12H17N3OS. The van der Waals surface area contributed by atoms with Gasteiger partial charge in [-0.2, -0.15) is 0 Å². The molecule has 2 aromatic rings. The van der Waals surface area contributed by atoms with E-state index in [9.17, 15) is 0 Å². The van der Waals surface area contributed by atoms with Gasteiger partial charge in [-0.25, -0.2) is 4.98 Å². The van der Waals surface area contributed by atoms with Crippen LogP contribution in [0.4, 0.5) is 0 Å². The van der Waals surface area contributed by atoms with Crippen molar-refractivity contribution in [1.82, 2.24) is 15.5 Å². The summed E-state index contributed by atoms with van der Waals surface area (Å²) < 4.78 is 5.13. The average molecular weight is 251 g/mol. The molecule has 2 heterocycles. The van der Waals surface area contributed by atoms with E-state index < -0.39 is 0 Å². The molecular weight excluding hydrogens is 234 g/mol. The van der Waals surface area contributed by atoms with Gasteiger partial charge in [0.15, 0.2) is 0 Å². The van der Waals surface area contributed by atoms with Crippen molar-refractivity contribution in [3.63, 3.8) is 0 Å². The van der Waals surface area contributed by atoms with Crippen molar-refractivity contribution in [2.24, 2.45) is 0 Å². The molecule has 17 heavy (non-hydrogen) atoms.